The zero-order chi connectivity index (χ0) is 13.8. The van der Waals surface area contributed by atoms with Crippen LogP contribution >= 0.6 is 0 Å². The lowest BCUT2D eigenvalue weighted by molar-refractivity contribution is 0.101. The van der Waals surface area contributed by atoms with E-state index in [0.29, 0.717) is 23.6 Å². The van der Waals surface area contributed by atoms with E-state index < -0.39 is 0 Å². The minimum absolute atomic E-state index is 0.0105. The van der Waals surface area contributed by atoms with Crippen LogP contribution in [0.5, 0.6) is 0 Å². The lowest BCUT2D eigenvalue weighted by Gasteiger charge is -2.08. The Bertz CT molecular complexity index is 573. The highest BCUT2D eigenvalue weighted by atomic mass is 16.3. The third-order valence-corrected chi connectivity index (χ3v) is 2.89. The fourth-order valence-corrected chi connectivity index (χ4v) is 1.87. The summed E-state index contributed by atoms with van der Waals surface area (Å²) in [6, 6.07) is 8.70. The molecule has 0 unspecified atom stereocenters. The summed E-state index contributed by atoms with van der Waals surface area (Å²) in [5.74, 6) is -0.199. The second kappa shape index (κ2) is 5.58. The molecule has 5 heteroatoms. The maximum Gasteiger partial charge on any atom is 0.272 e. The quantitative estimate of drug-likeness (QED) is 0.783. The van der Waals surface area contributed by atoms with Gasteiger partial charge in [-0.2, -0.15) is 0 Å². The summed E-state index contributed by atoms with van der Waals surface area (Å²) in [6.07, 6.45) is 1.74. The van der Waals surface area contributed by atoms with Crippen molar-refractivity contribution in [3.8, 4) is 0 Å². The molecule has 5 nitrogen and oxygen atoms in total. The Morgan fingerprint density at radius 1 is 1.37 bits per heavy atom. The van der Waals surface area contributed by atoms with Gasteiger partial charge in [0.15, 0.2) is 0 Å². The van der Waals surface area contributed by atoms with Crippen molar-refractivity contribution in [1.82, 2.24) is 4.57 Å². The molecule has 0 saturated heterocycles. The topological polar surface area (TPSA) is 80.3 Å². The van der Waals surface area contributed by atoms with Crippen LogP contribution in [-0.2, 0) is 13.2 Å². The molecular weight excluding hydrogens is 242 g/mol. The molecule has 0 saturated carbocycles. The van der Waals surface area contributed by atoms with Crippen LogP contribution in [0.1, 0.15) is 23.0 Å². The average Bonchev–Trinajstić information content (AvgIpc) is 2.81. The molecule has 2 aromatic rings. The van der Waals surface area contributed by atoms with Crippen molar-refractivity contribution in [1.29, 1.82) is 0 Å². The van der Waals surface area contributed by atoms with E-state index in [2.05, 4.69) is 5.32 Å². The first-order chi connectivity index (χ1) is 9.13. The first kappa shape index (κ1) is 13.2. The molecule has 0 aliphatic rings. The summed E-state index contributed by atoms with van der Waals surface area (Å²) in [7, 11) is 0. The van der Waals surface area contributed by atoms with Gasteiger partial charge in [0.05, 0.1) is 12.3 Å². The number of carbonyl (C=O) groups excluding carboxylic acids is 1. The van der Waals surface area contributed by atoms with Gasteiger partial charge in [-0.1, -0.05) is 12.1 Å². The van der Waals surface area contributed by atoms with E-state index in [1.807, 2.05) is 6.92 Å². The summed E-state index contributed by atoms with van der Waals surface area (Å²) >= 11 is 0. The Morgan fingerprint density at radius 3 is 2.63 bits per heavy atom. The molecule has 1 amide bonds. The highest BCUT2D eigenvalue weighted by Gasteiger charge is 2.12. The van der Waals surface area contributed by atoms with Crippen molar-refractivity contribution < 1.29 is 9.90 Å². The van der Waals surface area contributed by atoms with Crippen LogP contribution in [-0.4, -0.2) is 15.6 Å². The fourth-order valence-electron chi connectivity index (χ4n) is 1.87. The Kier molecular flexibility index (Phi) is 3.87. The van der Waals surface area contributed by atoms with Gasteiger partial charge in [-0.25, -0.2) is 0 Å². The van der Waals surface area contributed by atoms with Gasteiger partial charge in [-0.15, -0.1) is 0 Å². The van der Waals surface area contributed by atoms with Crippen LogP contribution < -0.4 is 11.1 Å². The summed E-state index contributed by atoms with van der Waals surface area (Å²) in [6.45, 7) is 2.62. The Morgan fingerprint density at radius 2 is 2.05 bits per heavy atom. The number of aryl methyl sites for hydroxylation is 1. The van der Waals surface area contributed by atoms with Crippen molar-refractivity contribution >= 4 is 17.3 Å². The number of nitrogen functional groups attached to an aromatic ring is 1. The largest absolute Gasteiger partial charge is 0.397 e. The summed E-state index contributed by atoms with van der Waals surface area (Å²) in [5, 5.41) is 11.8. The van der Waals surface area contributed by atoms with Crippen LogP contribution in [0.15, 0.2) is 36.5 Å². The molecule has 1 aromatic heterocycles. The van der Waals surface area contributed by atoms with Crippen LogP contribution in [0, 0.1) is 0 Å². The number of rotatable bonds is 4. The molecule has 4 N–H and O–H groups in total. The number of aromatic nitrogens is 1. The van der Waals surface area contributed by atoms with Crippen LogP contribution in [0.4, 0.5) is 11.4 Å². The number of hydrogen-bond acceptors (Lipinski definition) is 3. The molecule has 1 aromatic carbocycles. The van der Waals surface area contributed by atoms with Crippen LogP contribution in [0.25, 0.3) is 0 Å². The van der Waals surface area contributed by atoms with E-state index in [1.54, 1.807) is 41.1 Å². The number of benzene rings is 1. The van der Waals surface area contributed by atoms with Gasteiger partial charge in [0.25, 0.3) is 5.91 Å². The number of carbonyl (C=O) groups is 1. The molecule has 0 atom stereocenters. The second-order valence-corrected chi connectivity index (χ2v) is 4.25. The van der Waals surface area contributed by atoms with Crippen LogP contribution in [0.3, 0.4) is 0 Å². The van der Waals surface area contributed by atoms with E-state index in [0.717, 1.165) is 5.56 Å². The normalized spacial score (nSPS) is 10.4. The highest BCUT2D eigenvalue weighted by Crippen LogP contribution is 2.14. The maximum atomic E-state index is 12.1. The van der Waals surface area contributed by atoms with Crippen molar-refractivity contribution in [3.63, 3.8) is 0 Å². The zero-order valence-electron chi connectivity index (χ0n) is 10.8. The van der Waals surface area contributed by atoms with Gasteiger partial charge >= 0.3 is 0 Å². The molecule has 100 valence electrons. The lowest BCUT2D eigenvalue weighted by Crippen LogP contribution is -2.16. The minimum Gasteiger partial charge on any atom is -0.397 e. The summed E-state index contributed by atoms with van der Waals surface area (Å²) in [5.41, 5.74) is 8.29. The Balaban J connectivity index is 2.15. The minimum atomic E-state index is -0.199. The number of nitrogens with one attached hydrogen (secondary N) is 1. The number of nitrogens with zero attached hydrogens (tertiary/aromatic N) is 1. The molecule has 0 bridgehead atoms. The monoisotopic (exact) mass is 259 g/mol. The molecular formula is C14H17N3O2. The first-order valence-electron chi connectivity index (χ1n) is 6.11. The third kappa shape index (κ3) is 2.95. The molecule has 1 heterocycles. The van der Waals surface area contributed by atoms with Crippen molar-refractivity contribution in [2.45, 2.75) is 20.1 Å². The van der Waals surface area contributed by atoms with Crippen LogP contribution in [0.2, 0.25) is 0 Å². The average molecular weight is 259 g/mol. The van der Waals surface area contributed by atoms with E-state index in [1.165, 1.54) is 0 Å². The van der Waals surface area contributed by atoms with Gasteiger partial charge in [-0.3, -0.25) is 4.79 Å². The lowest BCUT2D eigenvalue weighted by atomic mass is 10.2. The van der Waals surface area contributed by atoms with E-state index in [9.17, 15) is 4.79 Å². The van der Waals surface area contributed by atoms with E-state index in [-0.39, 0.29) is 12.5 Å². The van der Waals surface area contributed by atoms with Crippen molar-refractivity contribution in [3.05, 3.63) is 47.8 Å². The molecule has 0 aliphatic carbocycles. The molecule has 0 radical (unpaired) electrons. The molecule has 0 fully saturated rings. The number of aliphatic hydroxyl groups is 1. The maximum absolute atomic E-state index is 12.1. The second-order valence-electron chi connectivity index (χ2n) is 4.25. The molecule has 0 spiro atoms. The molecule has 0 aliphatic heterocycles. The number of aliphatic hydroxyl groups excluding tert-OH is 1. The van der Waals surface area contributed by atoms with Gasteiger partial charge in [0.1, 0.15) is 5.69 Å². The van der Waals surface area contributed by atoms with Gasteiger partial charge in [0.2, 0.25) is 0 Å². The smallest absolute Gasteiger partial charge is 0.272 e. The predicted molar refractivity (Wildman–Crippen MR) is 74.8 cm³/mol. The number of amides is 1. The third-order valence-electron chi connectivity index (χ3n) is 2.89. The predicted octanol–water partition coefficient (Wildman–Crippen LogP) is 1.83. The SMILES string of the molecule is CCn1cc(N)cc1C(=O)Nc1ccc(CO)cc1. The summed E-state index contributed by atoms with van der Waals surface area (Å²) < 4.78 is 1.80. The highest BCUT2D eigenvalue weighted by molar-refractivity contribution is 6.03. The zero-order valence-corrected chi connectivity index (χ0v) is 10.8. The first-order valence-corrected chi connectivity index (χ1v) is 6.11. The van der Waals surface area contributed by atoms with Crippen molar-refractivity contribution in [2.24, 2.45) is 0 Å². The van der Waals surface area contributed by atoms with E-state index in [4.69, 9.17) is 10.8 Å². The number of anilines is 2. The number of hydrogen-bond donors (Lipinski definition) is 3. The van der Waals surface area contributed by atoms with Crippen molar-refractivity contribution in [2.75, 3.05) is 11.1 Å². The number of nitrogens with two attached hydrogens (primary N) is 1. The van der Waals surface area contributed by atoms with E-state index >= 15 is 0 Å². The summed E-state index contributed by atoms with van der Waals surface area (Å²) in [4.78, 5) is 12.1. The molecule has 2 rings (SSSR count). The standard InChI is InChI=1S/C14H17N3O2/c1-2-17-8-11(15)7-13(17)14(19)16-12-5-3-10(9-18)4-6-12/h3-8,18H,2,9,15H2,1H3,(H,16,19). The molecule has 19 heavy (non-hydrogen) atoms. The van der Waals surface area contributed by atoms with Gasteiger partial charge < -0.3 is 20.7 Å². The Labute approximate surface area is 111 Å². The van der Waals surface area contributed by atoms with Gasteiger partial charge in [0, 0.05) is 18.4 Å². The Hall–Kier alpha value is -2.27. The fraction of sp³-hybridized carbons (Fsp3) is 0.214. The van der Waals surface area contributed by atoms with Gasteiger partial charge in [-0.05, 0) is 30.7 Å².